The molecule has 0 aromatic heterocycles. The summed E-state index contributed by atoms with van der Waals surface area (Å²) in [6.45, 7) is 0. The standard InChI is InChI=1S/2ClH.2Co/h2*1H;;/q;;2*+1/p-2. The molecule has 4 heteroatoms. The van der Waals surface area contributed by atoms with Crippen LogP contribution in [0.4, 0.5) is 0 Å². The van der Waals surface area contributed by atoms with Crippen molar-refractivity contribution in [3.63, 3.8) is 0 Å². The van der Waals surface area contributed by atoms with Gasteiger partial charge in [0.25, 0.3) is 0 Å². The molecular weight excluding hydrogens is 189 g/mol. The topological polar surface area (TPSA) is 0 Å². The molecule has 0 N–H and O–H groups in total. The van der Waals surface area contributed by atoms with Gasteiger partial charge >= 0.3 is 50.0 Å². The Morgan fingerprint density at radius 1 is 0.750 bits per heavy atom. The third kappa shape index (κ3) is 9.52. The maximum atomic E-state index is 4.33. The van der Waals surface area contributed by atoms with Crippen molar-refractivity contribution >= 4 is 20.3 Å². The van der Waals surface area contributed by atoms with E-state index in [0.717, 1.165) is 0 Å². The molecule has 0 atom stereocenters. The van der Waals surface area contributed by atoms with Gasteiger partial charge in [-0.25, -0.2) is 0 Å². The third-order valence-electron chi connectivity index (χ3n) is 0. The molecule has 0 aliphatic heterocycles. The number of rotatable bonds is 0. The summed E-state index contributed by atoms with van der Waals surface area (Å²) < 4.78 is 0. The zero-order valence-corrected chi connectivity index (χ0v) is 5.02. The van der Waals surface area contributed by atoms with Crippen molar-refractivity contribution in [3.05, 3.63) is 0 Å². The van der Waals surface area contributed by atoms with Crippen LogP contribution in [0.3, 0.4) is 0 Å². The van der Waals surface area contributed by atoms with Crippen molar-refractivity contribution in [2.45, 2.75) is 0 Å². The van der Waals surface area contributed by atoms with E-state index in [0.29, 0.717) is 0 Å². The van der Waals surface area contributed by atoms with Crippen LogP contribution in [0.15, 0.2) is 0 Å². The first-order valence-corrected chi connectivity index (χ1v) is 3.12. The van der Waals surface area contributed by atoms with Gasteiger partial charge in [0.1, 0.15) is 0 Å². The number of halogens is 2. The van der Waals surface area contributed by atoms with Gasteiger partial charge in [0.05, 0.1) is 0 Å². The van der Waals surface area contributed by atoms with E-state index >= 15 is 0 Å². The van der Waals surface area contributed by atoms with Crippen LogP contribution in [0.2, 0.25) is 0 Å². The molecule has 0 aromatic carbocycles. The van der Waals surface area contributed by atoms with E-state index in [9.17, 15) is 0 Å². The number of hydrogen-bond donors (Lipinski definition) is 0. The molecule has 4 heavy (non-hydrogen) atoms. The zero-order chi connectivity index (χ0) is 4.00. The molecule has 0 saturated carbocycles. The second-order valence-corrected chi connectivity index (χ2v) is 0. The van der Waals surface area contributed by atoms with Crippen molar-refractivity contribution in [3.8, 4) is 0 Å². The predicted molar refractivity (Wildman–Crippen MR) is 11.7 cm³/mol. The third-order valence-corrected chi connectivity index (χ3v) is 0. The van der Waals surface area contributed by atoms with Gasteiger partial charge in [-0.15, -0.1) is 0 Å². The monoisotopic (exact) mass is 188 g/mol. The van der Waals surface area contributed by atoms with Gasteiger partial charge in [-0.2, -0.15) is 0 Å². The molecule has 0 saturated heterocycles. The summed E-state index contributed by atoms with van der Waals surface area (Å²) >= 11 is 6.07. The van der Waals surface area contributed by atoms with E-state index in [2.05, 4.69) is 50.0 Å². The molecule has 0 nitrogen and oxygen atoms in total. The van der Waals surface area contributed by atoms with Gasteiger partial charge < -0.3 is 0 Å². The van der Waals surface area contributed by atoms with Crippen LogP contribution in [-0.4, -0.2) is 0 Å². The summed E-state index contributed by atoms with van der Waals surface area (Å²) in [5, 5.41) is 0. The summed E-state index contributed by atoms with van der Waals surface area (Å²) in [5.41, 5.74) is 0. The minimum atomic E-state index is 3.03. The number of hydrogen-bond acceptors (Lipinski definition) is 0. The minimum absolute atomic E-state index is 3.03. The summed E-state index contributed by atoms with van der Waals surface area (Å²) in [6, 6.07) is 0. The Balaban J connectivity index is 0. The average Bonchev–Trinajstić information content (AvgIpc) is 1.50. The average molecular weight is 189 g/mol. The summed E-state index contributed by atoms with van der Waals surface area (Å²) in [4.78, 5) is 0. The molecule has 0 aliphatic carbocycles. The molecule has 0 aliphatic rings. The van der Waals surface area contributed by atoms with E-state index in [1.165, 1.54) is 0 Å². The van der Waals surface area contributed by atoms with E-state index in [1.807, 2.05) is 0 Å². The Hall–Kier alpha value is 1.59. The van der Waals surface area contributed by atoms with Crippen LogP contribution in [0.25, 0.3) is 0 Å². The van der Waals surface area contributed by atoms with Crippen molar-refractivity contribution in [1.82, 2.24) is 0 Å². The van der Waals surface area contributed by atoms with Crippen molar-refractivity contribution in [2.75, 3.05) is 0 Å². The van der Waals surface area contributed by atoms with Crippen LogP contribution in [0, 0.1) is 0 Å². The van der Waals surface area contributed by atoms with Crippen LogP contribution in [-0.2, 0) is 29.7 Å². The van der Waals surface area contributed by atoms with E-state index in [1.54, 1.807) is 0 Å². The second-order valence-electron chi connectivity index (χ2n) is 0. The van der Waals surface area contributed by atoms with Crippen molar-refractivity contribution < 1.29 is 29.7 Å². The quantitative estimate of drug-likeness (QED) is 0.539. The fraction of sp³-hybridized carbons (Fsp3) is 0. The van der Waals surface area contributed by atoms with Gasteiger partial charge in [0, 0.05) is 0 Å². The molecule has 0 heterocycles. The Bertz CT molecular complexity index is 4.00. The molecule has 0 radical (unpaired) electrons. The van der Waals surface area contributed by atoms with E-state index < -0.39 is 0 Å². The van der Waals surface area contributed by atoms with Gasteiger partial charge in [-0.1, -0.05) is 0 Å². The molecule has 32 valence electrons. The predicted octanol–water partition coefficient (Wildman–Crippen LogP) is 1.37. The molecule has 0 bridgehead atoms. The molecule has 0 rings (SSSR count). The van der Waals surface area contributed by atoms with Gasteiger partial charge in [0.2, 0.25) is 0 Å². The Kier molecular flexibility index (Phi) is 53.4. The van der Waals surface area contributed by atoms with Crippen LogP contribution in [0.5, 0.6) is 0 Å². The Labute approximate surface area is 49.9 Å². The van der Waals surface area contributed by atoms with Crippen molar-refractivity contribution in [2.24, 2.45) is 0 Å². The van der Waals surface area contributed by atoms with E-state index in [-0.39, 0.29) is 0 Å². The van der Waals surface area contributed by atoms with Crippen molar-refractivity contribution in [1.29, 1.82) is 0 Å². The summed E-state index contributed by atoms with van der Waals surface area (Å²) in [6.07, 6.45) is 0. The Morgan fingerprint density at radius 2 is 0.750 bits per heavy atom. The summed E-state index contributed by atoms with van der Waals surface area (Å²) in [5.74, 6) is 0. The first-order chi connectivity index (χ1) is 2.00. The van der Waals surface area contributed by atoms with Gasteiger partial charge in [0.15, 0.2) is 0 Å². The van der Waals surface area contributed by atoms with Crippen LogP contribution >= 0.6 is 20.3 Å². The maximum absolute atomic E-state index is 4.33. The molecule has 0 unspecified atom stereocenters. The molecule has 0 amide bonds. The molecule has 0 fully saturated rings. The van der Waals surface area contributed by atoms with Crippen LogP contribution in [0.1, 0.15) is 0 Å². The van der Waals surface area contributed by atoms with Gasteiger partial charge in [-0.05, 0) is 0 Å². The SMILES string of the molecule is [Cl][Co].[Cl][Co]. The van der Waals surface area contributed by atoms with Crippen LogP contribution < -0.4 is 0 Å². The van der Waals surface area contributed by atoms with Gasteiger partial charge in [-0.3, -0.25) is 0 Å². The molecule has 0 spiro atoms. The fourth-order valence-electron chi connectivity index (χ4n) is 0. The van der Waals surface area contributed by atoms with E-state index in [4.69, 9.17) is 0 Å². The normalized spacial score (nSPS) is 3.50. The fourth-order valence-corrected chi connectivity index (χ4v) is 0. The molecule has 0 aromatic rings. The Morgan fingerprint density at radius 3 is 0.750 bits per heavy atom. The first kappa shape index (κ1) is 9.14. The molecular formula is Cl2Co2. The summed E-state index contributed by atoms with van der Waals surface area (Å²) in [7, 11) is 8.65. The first-order valence-electron chi connectivity index (χ1n) is 0.252. The zero-order valence-electron chi connectivity index (χ0n) is 1.42. The second kappa shape index (κ2) is 23.4.